The molecule has 32 heavy (non-hydrogen) atoms. The lowest BCUT2D eigenvalue weighted by molar-refractivity contribution is 0.0476. The Labute approximate surface area is 182 Å². The molecule has 160 valence electrons. The van der Waals surface area contributed by atoms with E-state index in [0.717, 1.165) is 5.56 Å². The monoisotopic (exact) mass is 430 g/mol. The fourth-order valence-electron chi connectivity index (χ4n) is 3.52. The third-order valence-corrected chi connectivity index (χ3v) is 5.11. The molecule has 0 saturated carbocycles. The van der Waals surface area contributed by atoms with Crippen molar-refractivity contribution in [3.8, 4) is 22.8 Å². The van der Waals surface area contributed by atoms with Crippen LogP contribution in [0.3, 0.4) is 0 Å². The van der Waals surface area contributed by atoms with E-state index < -0.39 is 12.6 Å². The number of aryl methyl sites for hydroxylation is 1. The number of hydrogen-bond acceptors (Lipinski definition) is 8. The van der Waals surface area contributed by atoms with E-state index >= 15 is 0 Å². The molecule has 0 unspecified atom stereocenters. The minimum absolute atomic E-state index is 0.231. The normalized spacial score (nSPS) is 12.5. The molecule has 0 amide bonds. The van der Waals surface area contributed by atoms with E-state index in [2.05, 4.69) is 10.1 Å². The maximum atomic E-state index is 12.9. The van der Waals surface area contributed by atoms with Gasteiger partial charge in [-0.05, 0) is 31.2 Å². The third-order valence-electron chi connectivity index (χ3n) is 5.11. The lowest BCUT2D eigenvalue weighted by Gasteiger charge is -2.18. The predicted octanol–water partition coefficient (Wildman–Crippen LogP) is 4.01. The van der Waals surface area contributed by atoms with Gasteiger partial charge in [-0.2, -0.15) is 0 Å². The average molecular weight is 430 g/mol. The average Bonchev–Trinajstić information content (AvgIpc) is 3.22. The van der Waals surface area contributed by atoms with Crippen molar-refractivity contribution in [1.29, 1.82) is 0 Å². The van der Waals surface area contributed by atoms with E-state index in [9.17, 15) is 9.59 Å². The minimum atomic E-state index is -0.660. The zero-order valence-corrected chi connectivity index (χ0v) is 17.2. The summed E-state index contributed by atoms with van der Waals surface area (Å²) in [5, 5.41) is 4.38. The molecule has 0 radical (unpaired) electrons. The van der Waals surface area contributed by atoms with Gasteiger partial charge in [0.25, 0.3) is 5.71 Å². The van der Waals surface area contributed by atoms with Crippen LogP contribution in [-0.2, 0) is 4.74 Å². The van der Waals surface area contributed by atoms with Crippen molar-refractivity contribution >= 4 is 22.9 Å². The van der Waals surface area contributed by atoms with Crippen molar-refractivity contribution in [3.05, 3.63) is 71.4 Å². The van der Waals surface area contributed by atoms with Crippen molar-refractivity contribution in [2.24, 2.45) is 0 Å². The standard InChI is InChI=1S/C24H18N2O6/c1-14-22-17(12-18(25-23(22)32-26-14)15-5-3-2-4-6-15)24(28)31-13-19(27)16-7-8-20-21(11-16)30-10-9-29-20/h2-8,11-12H,9-10,13H2,1H3. The zero-order chi connectivity index (χ0) is 22.1. The molecule has 0 spiro atoms. The second-order valence-electron chi connectivity index (χ2n) is 7.23. The summed E-state index contributed by atoms with van der Waals surface area (Å²) in [5.74, 6) is 0.0648. The molecule has 4 aromatic rings. The molecule has 2 aromatic heterocycles. The van der Waals surface area contributed by atoms with Crippen LogP contribution in [-0.4, -0.2) is 41.7 Å². The van der Waals surface area contributed by atoms with Crippen LogP contribution < -0.4 is 9.47 Å². The van der Waals surface area contributed by atoms with Crippen LogP contribution in [0, 0.1) is 6.92 Å². The summed E-state index contributed by atoms with van der Waals surface area (Å²) in [6, 6.07) is 15.9. The minimum Gasteiger partial charge on any atom is -0.486 e. The summed E-state index contributed by atoms with van der Waals surface area (Å²) < 4.78 is 21.6. The summed E-state index contributed by atoms with van der Waals surface area (Å²) in [4.78, 5) is 30.0. The highest BCUT2D eigenvalue weighted by Crippen LogP contribution is 2.31. The molecule has 8 nitrogen and oxygen atoms in total. The van der Waals surface area contributed by atoms with Gasteiger partial charge in [0.2, 0.25) is 0 Å². The highest BCUT2D eigenvalue weighted by atomic mass is 16.6. The maximum absolute atomic E-state index is 12.9. The van der Waals surface area contributed by atoms with E-state index in [0.29, 0.717) is 47.1 Å². The molecule has 0 N–H and O–H groups in total. The van der Waals surface area contributed by atoms with Gasteiger partial charge in [0, 0.05) is 11.1 Å². The summed E-state index contributed by atoms with van der Waals surface area (Å²) >= 11 is 0. The lowest BCUT2D eigenvalue weighted by atomic mass is 10.1. The number of aromatic nitrogens is 2. The number of fused-ring (bicyclic) bond motifs is 2. The first kappa shape index (κ1) is 19.7. The van der Waals surface area contributed by atoms with Crippen LogP contribution in [0.1, 0.15) is 26.4 Å². The second-order valence-corrected chi connectivity index (χ2v) is 7.23. The number of ether oxygens (including phenoxy) is 3. The molecule has 0 aliphatic carbocycles. The summed E-state index contributed by atoms with van der Waals surface area (Å²) in [7, 11) is 0. The van der Waals surface area contributed by atoms with Crippen molar-refractivity contribution in [3.63, 3.8) is 0 Å². The fraction of sp³-hybridized carbons (Fsp3) is 0.167. The number of hydrogen-bond donors (Lipinski definition) is 0. The van der Waals surface area contributed by atoms with Crippen LogP contribution in [0.5, 0.6) is 11.5 Å². The van der Waals surface area contributed by atoms with E-state index in [4.69, 9.17) is 18.7 Å². The van der Waals surface area contributed by atoms with Crippen molar-refractivity contribution in [2.45, 2.75) is 6.92 Å². The summed E-state index contributed by atoms with van der Waals surface area (Å²) in [5.41, 5.74) is 2.70. The Kier molecular flexibility index (Phi) is 5.03. The molecule has 0 bridgehead atoms. The molecule has 0 atom stereocenters. The van der Waals surface area contributed by atoms with Gasteiger partial charge in [0.15, 0.2) is 23.9 Å². The van der Waals surface area contributed by atoms with Gasteiger partial charge in [-0.25, -0.2) is 9.78 Å². The number of nitrogens with zero attached hydrogens (tertiary/aromatic N) is 2. The molecule has 1 aliphatic rings. The molecular weight excluding hydrogens is 412 g/mol. The predicted molar refractivity (Wildman–Crippen MR) is 114 cm³/mol. The Hall–Kier alpha value is -4.20. The van der Waals surface area contributed by atoms with Crippen LogP contribution >= 0.6 is 0 Å². The van der Waals surface area contributed by atoms with Crippen molar-refractivity contribution < 1.29 is 28.3 Å². The lowest BCUT2D eigenvalue weighted by Crippen LogP contribution is -2.17. The molecule has 0 fully saturated rings. The fourth-order valence-corrected chi connectivity index (χ4v) is 3.52. The van der Waals surface area contributed by atoms with Gasteiger partial charge < -0.3 is 18.7 Å². The van der Waals surface area contributed by atoms with Gasteiger partial charge >= 0.3 is 5.97 Å². The molecule has 3 heterocycles. The van der Waals surface area contributed by atoms with E-state index in [-0.39, 0.29) is 17.1 Å². The van der Waals surface area contributed by atoms with Gasteiger partial charge in [-0.3, -0.25) is 4.79 Å². The molecule has 5 rings (SSSR count). The first-order valence-corrected chi connectivity index (χ1v) is 10.0. The second kappa shape index (κ2) is 8.14. The SMILES string of the molecule is Cc1noc2nc(-c3ccccc3)cc(C(=O)OCC(=O)c3ccc4c(c3)OCCO4)c12. The maximum Gasteiger partial charge on any atom is 0.339 e. The Morgan fingerprint density at radius 3 is 2.59 bits per heavy atom. The van der Waals surface area contributed by atoms with Crippen molar-refractivity contribution in [1.82, 2.24) is 10.1 Å². The van der Waals surface area contributed by atoms with E-state index in [1.165, 1.54) is 0 Å². The number of carbonyl (C=O) groups excluding carboxylic acids is 2. The van der Waals surface area contributed by atoms with E-state index in [1.807, 2.05) is 30.3 Å². The first-order chi connectivity index (χ1) is 15.6. The van der Waals surface area contributed by atoms with Crippen molar-refractivity contribution in [2.75, 3.05) is 19.8 Å². The van der Waals surface area contributed by atoms with Crippen LogP contribution in [0.4, 0.5) is 0 Å². The topological polar surface area (TPSA) is 101 Å². The molecule has 1 aliphatic heterocycles. The highest BCUT2D eigenvalue weighted by Gasteiger charge is 2.22. The number of Topliss-reactive ketones (excluding diaryl/α,β-unsaturated/α-hetero) is 1. The Morgan fingerprint density at radius 2 is 1.78 bits per heavy atom. The highest BCUT2D eigenvalue weighted by molar-refractivity contribution is 6.06. The number of esters is 1. The van der Waals surface area contributed by atoms with Crippen LogP contribution in [0.2, 0.25) is 0 Å². The molecule has 0 saturated heterocycles. The van der Waals surface area contributed by atoms with Gasteiger partial charge in [-0.1, -0.05) is 35.5 Å². The Bertz CT molecular complexity index is 1330. The number of rotatable bonds is 5. The summed E-state index contributed by atoms with van der Waals surface area (Å²) in [6.45, 7) is 2.17. The van der Waals surface area contributed by atoms with Crippen LogP contribution in [0.15, 0.2) is 59.1 Å². The first-order valence-electron chi connectivity index (χ1n) is 10.0. The third kappa shape index (κ3) is 3.66. The van der Waals surface area contributed by atoms with E-state index in [1.54, 1.807) is 31.2 Å². The van der Waals surface area contributed by atoms with Gasteiger partial charge in [0.05, 0.1) is 22.3 Å². The zero-order valence-electron chi connectivity index (χ0n) is 17.2. The smallest absolute Gasteiger partial charge is 0.339 e. The number of benzene rings is 2. The number of carbonyl (C=O) groups is 2. The molecular formula is C24H18N2O6. The molecule has 2 aromatic carbocycles. The Balaban J connectivity index is 1.40. The van der Waals surface area contributed by atoms with Gasteiger partial charge in [-0.15, -0.1) is 0 Å². The quantitative estimate of drug-likeness (QED) is 0.346. The molecule has 8 heteroatoms. The number of ketones is 1. The summed E-state index contributed by atoms with van der Waals surface area (Å²) in [6.07, 6.45) is 0. The largest absolute Gasteiger partial charge is 0.486 e. The Morgan fingerprint density at radius 1 is 1.00 bits per heavy atom. The van der Waals surface area contributed by atoms with Gasteiger partial charge in [0.1, 0.15) is 13.2 Å². The number of pyridine rings is 1. The van der Waals surface area contributed by atoms with Crippen LogP contribution in [0.25, 0.3) is 22.4 Å².